The molecule has 0 aliphatic carbocycles. The van der Waals surface area contributed by atoms with Gasteiger partial charge in [-0.1, -0.05) is 18.2 Å². The zero-order chi connectivity index (χ0) is 22.1. The second-order valence-electron chi connectivity index (χ2n) is 6.67. The molecule has 156 valence electrons. The number of hydrogen-bond donors (Lipinski definition) is 2. The first-order valence-electron chi connectivity index (χ1n) is 9.66. The van der Waals surface area contributed by atoms with Gasteiger partial charge >= 0.3 is 0 Å². The molecule has 0 atom stereocenters. The van der Waals surface area contributed by atoms with Crippen LogP contribution in [-0.2, 0) is 10.5 Å². The van der Waals surface area contributed by atoms with Crippen LogP contribution in [0.2, 0.25) is 0 Å². The summed E-state index contributed by atoms with van der Waals surface area (Å²) in [4.78, 5) is 8.33. The van der Waals surface area contributed by atoms with Crippen molar-refractivity contribution in [3.63, 3.8) is 0 Å². The lowest BCUT2D eigenvalue weighted by molar-refractivity contribution is 0.198. The molecule has 3 heterocycles. The quantitative estimate of drug-likeness (QED) is 0.586. The molecule has 1 aliphatic rings. The largest absolute Gasteiger partial charge is 0.508 e. The van der Waals surface area contributed by atoms with Crippen LogP contribution in [0.4, 0.5) is 5.82 Å². The molecular formula is C23H21N5O2S. The fourth-order valence-corrected chi connectivity index (χ4v) is 3.89. The number of rotatable bonds is 4. The molecule has 31 heavy (non-hydrogen) atoms. The molecule has 0 unspecified atom stereocenters. The number of nitrogens with zero attached hydrogens (tertiary/aromatic N) is 4. The van der Waals surface area contributed by atoms with Crippen molar-refractivity contribution in [3.8, 4) is 29.0 Å². The minimum Gasteiger partial charge on any atom is -0.508 e. The highest BCUT2D eigenvalue weighted by molar-refractivity contribution is 7.98. The van der Waals surface area contributed by atoms with E-state index in [1.165, 1.54) is 36.7 Å². The minimum atomic E-state index is 0.0725. The van der Waals surface area contributed by atoms with Gasteiger partial charge in [0.1, 0.15) is 34.3 Å². The molecule has 1 aliphatic heterocycles. The Morgan fingerprint density at radius 2 is 1.77 bits per heavy atom. The molecule has 0 radical (unpaired) electrons. The predicted octanol–water partition coefficient (Wildman–Crippen LogP) is 4.26. The highest BCUT2D eigenvalue weighted by atomic mass is 32.2. The summed E-state index contributed by atoms with van der Waals surface area (Å²) >= 11 is 1.36. The maximum absolute atomic E-state index is 9.71. The number of nitriles is 2. The van der Waals surface area contributed by atoms with E-state index < -0.39 is 0 Å². The zero-order valence-corrected chi connectivity index (χ0v) is 17.6. The Hall–Kier alpha value is -3.59. The number of phenols is 1. The van der Waals surface area contributed by atoms with Crippen molar-refractivity contribution in [1.82, 2.24) is 9.97 Å². The number of ether oxygens (including phenoxy) is 1. The van der Waals surface area contributed by atoms with Crippen LogP contribution in [0.5, 0.6) is 5.75 Å². The first kappa shape index (κ1) is 22.1. The topological polar surface area (TPSA) is 129 Å². The van der Waals surface area contributed by atoms with Crippen molar-refractivity contribution in [2.24, 2.45) is 0 Å². The van der Waals surface area contributed by atoms with Gasteiger partial charge in [-0.3, -0.25) is 4.98 Å². The molecule has 2 aromatic heterocycles. The van der Waals surface area contributed by atoms with E-state index in [0.717, 1.165) is 18.8 Å². The van der Waals surface area contributed by atoms with Crippen LogP contribution in [0, 0.1) is 22.7 Å². The summed E-state index contributed by atoms with van der Waals surface area (Å²) in [5.41, 5.74) is 8.44. The van der Waals surface area contributed by atoms with Crippen molar-refractivity contribution in [2.75, 3.05) is 18.9 Å². The number of phenolic OH excluding ortho intramolecular Hbond substituents is 1. The number of aromatic nitrogens is 2. The summed E-state index contributed by atoms with van der Waals surface area (Å²) in [6.45, 7) is 2.00. The van der Waals surface area contributed by atoms with Crippen LogP contribution in [0.15, 0.2) is 53.8 Å². The molecule has 3 N–H and O–H groups in total. The van der Waals surface area contributed by atoms with E-state index in [4.69, 9.17) is 10.5 Å². The fraction of sp³-hybridized carbons (Fsp3) is 0.217. The molecule has 0 spiro atoms. The molecule has 1 saturated heterocycles. The number of thioether (sulfide) groups is 1. The van der Waals surface area contributed by atoms with Crippen LogP contribution in [0.1, 0.15) is 29.5 Å². The third-order valence-electron chi connectivity index (χ3n) is 4.50. The number of nitrogens with two attached hydrogens (primary N) is 1. The summed E-state index contributed by atoms with van der Waals surface area (Å²) in [5, 5.41) is 29.2. The first-order valence-corrected chi connectivity index (χ1v) is 10.6. The van der Waals surface area contributed by atoms with Gasteiger partial charge in [0.25, 0.3) is 0 Å². The third-order valence-corrected chi connectivity index (χ3v) is 5.54. The second-order valence-corrected chi connectivity index (χ2v) is 7.63. The van der Waals surface area contributed by atoms with E-state index in [1.54, 1.807) is 24.5 Å². The molecular weight excluding hydrogens is 410 g/mol. The van der Waals surface area contributed by atoms with Gasteiger partial charge in [-0.15, -0.1) is 11.8 Å². The monoisotopic (exact) mass is 431 g/mol. The zero-order valence-electron chi connectivity index (χ0n) is 16.8. The van der Waals surface area contributed by atoms with Crippen molar-refractivity contribution in [3.05, 3.63) is 65.5 Å². The van der Waals surface area contributed by atoms with Gasteiger partial charge in [-0.25, -0.2) is 4.98 Å². The first-order chi connectivity index (χ1) is 15.1. The Morgan fingerprint density at radius 3 is 2.32 bits per heavy atom. The number of nitrogen functional groups attached to an aromatic ring is 1. The number of aromatic hydroxyl groups is 1. The summed E-state index contributed by atoms with van der Waals surface area (Å²) < 4.78 is 4.94. The van der Waals surface area contributed by atoms with E-state index in [9.17, 15) is 15.6 Å². The van der Waals surface area contributed by atoms with Gasteiger partial charge in [0.05, 0.1) is 5.56 Å². The SMILES string of the molecule is C1CCOC1.N#Cc1c(N)nc(SCc2cccnc2)c(C#N)c1-c1ccc(O)cc1. The normalized spacial score (nSPS) is 12.3. The Morgan fingerprint density at radius 1 is 1.06 bits per heavy atom. The number of anilines is 1. The summed E-state index contributed by atoms with van der Waals surface area (Å²) in [5.74, 6) is 0.734. The maximum atomic E-state index is 9.71. The average Bonchev–Trinajstić information content (AvgIpc) is 3.39. The molecule has 1 fully saturated rings. The molecule has 1 aromatic carbocycles. The van der Waals surface area contributed by atoms with E-state index in [1.807, 2.05) is 18.2 Å². The highest BCUT2D eigenvalue weighted by Crippen LogP contribution is 2.36. The van der Waals surface area contributed by atoms with Gasteiger partial charge in [0.2, 0.25) is 0 Å². The summed E-state index contributed by atoms with van der Waals surface area (Å²) in [7, 11) is 0. The Kier molecular flexibility index (Phi) is 7.83. The van der Waals surface area contributed by atoms with Crippen LogP contribution in [-0.4, -0.2) is 28.3 Å². The molecule has 0 saturated carbocycles. The number of pyridine rings is 2. The molecule has 4 rings (SSSR count). The third kappa shape index (κ3) is 5.73. The molecule has 0 bridgehead atoms. The van der Waals surface area contributed by atoms with Gasteiger partial charge in [0.15, 0.2) is 0 Å². The lowest BCUT2D eigenvalue weighted by atomic mass is 9.97. The smallest absolute Gasteiger partial charge is 0.143 e. The van der Waals surface area contributed by atoms with Gasteiger partial charge < -0.3 is 15.6 Å². The van der Waals surface area contributed by atoms with Gasteiger partial charge in [0, 0.05) is 36.9 Å². The lowest BCUT2D eigenvalue weighted by Crippen LogP contribution is -2.03. The standard InChI is InChI=1S/C19H13N5OS.C4H8O/c20-8-15-17(13-3-5-14(25)6-4-13)16(9-21)19(24-18(15)22)26-11-12-2-1-7-23-10-12;1-2-4-5-3-1/h1-7,10,25H,11H2,(H2,22,24);1-4H2. The van der Waals surface area contributed by atoms with Crippen LogP contribution in [0.25, 0.3) is 11.1 Å². The number of hydrogen-bond acceptors (Lipinski definition) is 8. The highest BCUT2D eigenvalue weighted by Gasteiger charge is 2.20. The van der Waals surface area contributed by atoms with E-state index in [2.05, 4.69) is 16.0 Å². The van der Waals surface area contributed by atoms with Gasteiger partial charge in [-0.2, -0.15) is 10.5 Å². The fourth-order valence-electron chi connectivity index (χ4n) is 2.96. The van der Waals surface area contributed by atoms with Crippen molar-refractivity contribution in [2.45, 2.75) is 23.6 Å². The predicted molar refractivity (Wildman–Crippen MR) is 119 cm³/mol. The van der Waals surface area contributed by atoms with Crippen molar-refractivity contribution >= 4 is 17.6 Å². The van der Waals surface area contributed by atoms with E-state index in [-0.39, 0.29) is 22.7 Å². The Labute approximate surface area is 185 Å². The lowest BCUT2D eigenvalue weighted by Gasteiger charge is -2.13. The molecule has 3 aromatic rings. The molecule has 7 nitrogen and oxygen atoms in total. The second kappa shape index (κ2) is 11.0. The summed E-state index contributed by atoms with van der Waals surface area (Å²) in [6, 6.07) is 14.2. The van der Waals surface area contributed by atoms with Crippen LogP contribution >= 0.6 is 11.8 Å². The summed E-state index contributed by atoms with van der Waals surface area (Å²) in [6.07, 6.45) is 5.99. The Bertz CT molecular complexity index is 1090. The van der Waals surface area contributed by atoms with Gasteiger partial charge in [-0.05, 0) is 42.2 Å². The number of benzene rings is 1. The minimum absolute atomic E-state index is 0.0725. The van der Waals surface area contributed by atoms with E-state index in [0.29, 0.717) is 21.9 Å². The average molecular weight is 432 g/mol. The van der Waals surface area contributed by atoms with E-state index >= 15 is 0 Å². The van der Waals surface area contributed by atoms with Crippen molar-refractivity contribution in [1.29, 1.82) is 10.5 Å². The van der Waals surface area contributed by atoms with Crippen LogP contribution in [0.3, 0.4) is 0 Å². The Balaban J connectivity index is 0.000000478. The molecule has 0 amide bonds. The maximum Gasteiger partial charge on any atom is 0.143 e. The molecule has 8 heteroatoms. The van der Waals surface area contributed by atoms with Crippen molar-refractivity contribution < 1.29 is 9.84 Å². The van der Waals surface area contributed by atoms with Crippen LogP contribution < -0.4 is 5.73 Å².